The number of carbonyl (C=O) groups excluding carboxylic acids is 1. The first kappa shape index (κ1) is 10.7. The molecule has 1 rings (SSSR count). The highest BCUT2D eigenvalue weighted by molar-refractivity contribution is 5.83. The molecule has 1 fully saturated rings. The lowest BCUT2D eigenvalue weighted by atomic mass is 10.1. The van der Waals surface area contributed by atoms with Crippen molar-refractivity contribution in [2.24, 2.45) is 0 Å². The summed E-state index contributed by atoms with van der Waals surface area (Å²) in [4.78, 5) is 13.7. The van der Waals surface area contributed by atoms with Gasteiger partial charge in [-0.2, -0.15) is 0 Å². The molecule has 0 saturated carbocycles. The molecule has 2 unspecified atom stereocenters. The second-order valence-electron chi connectivity index (χ2n) is 3.66. The van der Waals surface area contributed by atoms with Crippen LogP contribution in [0.4, 0.5) is 0 Å². The Labute approximate surface area is 80.1 Å². The van der Waals surface area contributed by atoms with Gasteiger partial charge in [-0.1, -0.05) is 6.92 Å². The monoisotopic (exact) mass is 185 g/mol. The van der Waals surface area contributed by atoms with Crippen LogP contribution in [0.25, 0.3) is 0 Å². The molecule has 1 aliphatic heterocycles. The predicted molar refractivity (Wildman–Crippen MR) is 51.7 cm³/mol. The Morgan fingerprint density at radius 3 is 2.92 bits per heavy atom. The van der Waals surface area contributed by atoms with Crippen LogP contribution in [0.3, 0.4) is 0 Å². The number of hydrogen-bond donors (Lipinski definition) is 0. The van der Waals surface area contributed by atoms with Crippen molar-refractivity contribution in [1.82, 2.24) is 4.90 Å². The van der Waals surface area contributed by atoms with Gasteiger partial charge >= 0.3 is 0 Å². The lowest BCUT2D eigenvalue weighted by molar-refractivity contribution is -0.126. The first-order valence-corrected chi connectivity index (χ1v) is 5.03. The van der Waals surface area contributed by atoms with E-state index in [1.165, 1.54) is 0 Å². The second-order valence-corrected chi connectivity index (χ2v) is 3.66. The summed E-state index contributed by atoms with van der Waals surface area (Å²) in [5.74, 6) is 0.328. The number of rotatable bonds is 3. The summed E-state index contributed by atoms with van der Waals surface area (Å²) in [6, 6.07) is 0.433. The maximum Gasteiger partial charge on any atom is 0.149 e. The summed E-state index contributed by atoms with van der Waals surface area (Å²) >= 11 is 0. The standard InChI is InChI=1S/C10H19NO2/c1-4-10(12)9(3)11-5-6-13-7-8(11)2/h8-9H,4-7H2,1-3H3. The number of carbonyl (C=O) groups is 1. The predicted octanol–water partition coefficient (Wildman–Crippen LogP) is 1.07. The van der Waals surface area contributed by atoms with Crippen molar-refractivity contribution in [2.45, 2.75) is 39.3 Å². The molecule has 0 spiro atoms. The summed E-state index contributed by atoms with van der Waals surface area (Å²) in [6.45, 7) is 8.41. The minimum absolute atomic E-state index is 0.0592. The first-order chi connectivity index (χ1) is 6.16. The van der Waals surface area contributed by atoms with Gasteiger partial charge in [0.05, 0.1) is 19.3 Å². The molecule has 1 saturated heterocycles. The maximum atomic E-state index is 11.5. The van der Waals surface area contributed by atoms with Crippen molar-refractivity contribution >= 4 is 5.78 Å². The van der Waals surface area contributed by atoms with E-state index >= 15 is 0 Å². The molecule has 1 heterocycles. The fourth-order valence-corrected chi connectivity index (χ4v) is 1.80. The quantitative estimate of drug-likeness (QED) is 0.659. The molecule has 3 heteroatoms. The van der Waals surface area contributed by atoms with Crippen LogP contribution < -0.4 is 0 Å². The van der Waals surface area contributed by atoms with Gasteiger partial charge in [0.2, 0.25) is 0 Å². The molecule has 13 heavy (non-hydrogen) atoms. The molecular weight excluding hydrogens is 166 g/mol. The van der Waals surface area contributed by atoms with Gasteiger partial charge in [-0.25, -0.2) is 0 Å². The zero-order valence-corrected chi connectivity index (χ0v) is 8.75. The lowest BCUT2D eigenvalue weighted by Gasteiger charge is -2.36. The molecule has 0 aromatic rings. The Morgan fingerprint density at radius 2 is 2.38 bits per heavy atom. The van der Waals surface area contributed by atoms with E-state index in [9.17, 15) is 4.79 Å². The van der Waals surface area contributed by atoms with Gasteiger partial charge in [-0.15, -0.1) is 0 Å². The Morgan fingerprint density at radius 1 is 1.69 bits per heavy atom. The van der Waals surface area contributed by atoms with Gasteiger partial charge in [0, 0.05) is 19.0 Å². The summed E-state index contributed by atoms with van der Waals surface area (Å²) in [5, 5.41) is 0. The summed E-state index contributed by atoms with van der Waals surface area (Å²) in [7, 11) is 0. The van der Waals surface area contributed by atoms with Gasteiger partial charge in [-0.3, -0.25) is 9.69 Å². The van der Waals surface area contributed by atoms with Crippen LogP contribution >= 0.6 is 0 Å². The van der Waals surface area contributed by atoms with Crippen LogP contribution in [0, 0.1) is 0 Å². The average Bonchev–Trinajstić information content (AvgIpc) is 2.16. The third-order valence-electron chi connectivity index (χ3n) is 2.73. The molecule has 76 valence electrons. The molecule has 0 amide bonds. The molecule has 2 atom stereocenters. The average molecular weight is 185 g/mol. The van der Waals surface area contributed by atoms with Crippen molar-refractivity contribution in [2.75, 3.05) is 19.8 Å². The third kappa shape index (κ3) is 2.51. The number of morpholine rings is 1. The molecular formula is C10H19NO2. The van der Waals surface area contributed by atoms with Crippen molar-refractivity contribution in [1.29, 1.82) is 0 Å². The van der Waals surface area contributed by atoms with E-state index in [-0.39, 0.29) is 6.04 Å². The van der Waals surface area contributed by atoms with Gasteiger partial charge in [0.15, 0.2) is 0 Å². The maximum absolute atomic E-state index is 11.5. The molecule has 0 aromatic heterocycles. The highest BCUT2D eigenvalue weighted by atomic mass is 16.5. The van der Waals surface area contributed by atoms with Crippen molar-refractivity contribution in [3.63, 3.8) is 0 Å². The van der Waals surface area contributed by atoms with E-state index in [0.29, 0.717) is 18.2 Å². The molecule has 1 aliphatic rings. The lowest BCUT2D eigenvalue weighted by Crippen LogP contribution is -2.50. The Hall–Kier alpha value is -0.410. The van der Waals surface area contributed by atoms with Gasteiger partial charge in [-0.05, 0) is 13.8 Å². The smallest absolute Gasteiger partial charge is 0.149 e. The van der Waals surface area contributed by atoms with Crippen LogP contribution in [0.5, 0.6) is 0 Å². The molecule has 0 radical (unpaired) electrons. The van der Waals surface area contributed by atoms with E-state index in [2.05, 4.69) is 11.8 Å². The molecule has 0 bridgehead atoms. The fourth-order valence-electron chi connectivity index (χ4n) is 1.80. The van der Waals surface area contributed by atoms with E-state index in [1.54, 1.807) is 0 Å². The molecule has 0 N–H and O–H groups in total. The van der Waals surface area contributed by atoms with Crippen LogP contribution in [0.15, 0.2) is 0 Å². The second kappa shape index (κ2) is 4.72. The number of ether oxygens (including phenoxy) is 1. The van der Waals surface area contributed by atoms with Crippen molar-refractivity contribution in [3.05, 3.63) is 0 Å². The van der Waals surface area contributed by atoms with E-state index < -0.39 is 0 Å². The minimum atomic E-state index is 0.0592. The molecule has 0 aliphatic carbocycles. The molecule has 0 aromatic carbocycles. The van der Waals surface area contributed by atoms with Crippen LogP contribution in [-0.4, -0.2) is 42.5 Å². The van der Waals surface area contributed by atoms with Crippen LogP contribution in [0.1, 0.15) is 27.2 Å². The van der Waals surface area contributed by atoms with Crippen LogP contribution in [-0.2, 0) is 9.53 Å². The van der Waals surface area contributed by atoms with Gasteiger partial charge in [0.25, 0.3) is 0 Å². The topological polar surface area (TPSA) is 29.5 Å². The van der Waals surface area contributed by atoms with Crippen LogP contribution in [0.2, 0.25) is 0 Å². The third-order valence-corrected chi connectivity index (χ3v) is 2.73. The first-order valence-electron chi connectivity index (χ1n) is 5.03. The van der Waals surface area contributed by atoms with Crippen molar-refractivity contribution < 1.29 is 9.53 Å². The zero-order valence-electron chi connectivity index (χ0n) is 8.75. The Kier molecular flexibility index (Phi) is 3.88. The highest BCUT2D eigenvalue weighted by Crippen LogP contribution is 2.12. The SMILES string of the molecule is CCC(=O)C(C)N1CCOCC1C. The highest BCUT2D eigenvalue weighted by Gasteiger charge is 2.26. The number of ketones is 1. The Balaban J connectivity index is 2.53. The zero-order chi connectivity index (χ0) is 9.84. The van der Waals surface area contributed by atoms with E-state index in [1.807, 2.05) is 13.8 Å². The van der Waals surface area contributed by atoms with Crippen molar-refractivity contribution in [3.8, 4) is 0 Å². The number of Topliss-reactive ketones (excluding diaryl/α,β-unsaturated/α-hetero) is 1. The normalized spacial score (nSPS) is 27.2. The number of nitrogens with zero attached hydrogens (tertiary/aromatic N) is 1. The van der Waals surface area contributed by atoms with E-state index in [0.717, 1.165) is 19.8 Å². The Bertz CT molecular complexity index is 182. The van der Waals surface area contributed by atoms with Gasteiger partial charge in [0.1, 0.15) is 5.78 Å². The van der Waals surface area contributed by atoms with Gasteiger partial charge < -0.3 is 4.74 Å². The summed E-state index contributed by atoms with van der Waals surface area (Å²) in [6.07, 6.45) is 0.630. The number of hydrogen-bond acceptors (Lipinski definition) is 3. The minimum Gasteiger partial charge on any atom is -0.379 e. The largest absolute Gasteiger partial charge is 0.379 e. The fraction of sp³-hybridized carbons (Fsp3) is 0.900. The summed E-state index contributed by atoms with van der Waals surface area (Å²) in [5.41, 5.74) is 0. The molecule has 3 nitrogen and oxygen atoms in total. The summed E-state index contributed by atoms with van der Waals surface area (Å²) < 4.78 is 5.32. The van der Waals surface area contributed by atoms with E-state index in [4.69, 9.17) is 4.74 Å².